The van der Waals surface area contributed by atoms with Gasteiger partial charge in [-0.1, -0.05) is 50.5 Å². The van der Waals surface area contributed by atoms with Gasteiger partial charge in [0.2, 0.25) is 11.8 Å². The van der Waals surface area contributed by atoms with Gasteiger partial charge in [0.05, 0.1) is 12.7 Å². The van der Waals surface area contributed by atoms with Crippen molar-refractivity contribution >= 4 is 30.1 Å². The smallest absolute Gasteiger partial charge is 0.251 e. The number of nitrogens with one attached hydrogen (secondary N) is 2. The van der Waals surface area contributed by atoms with E-state index >= 15 is 0 Å². The van der Waals surface area contributed by atoms with E-state index in [2.05, 4.69) is 17.6 Å². The minimum absolute atomic E-state index is 0. The number of methoxy groups -OCH3 is 1. The zero-order valence-electron chi connectivity index (χ0n) is 26.0. The molecule has 0 unspecified atom stereocenters. The minimum atomic E-state index is -0.931. The van der Waals surface area contributed by atoms with E-state index in [0.29, 0.717) is 57.4 Å². The first-order valence-corrected chi connectivity index (χ1v) is 15.8. The monoisotopic (exact) mass is 626 g/mol. The SMILES string of the molecule is CCCCN1C(=O)[C@@H](CC2(O)CCCC2)N(Cc2ccc(C(=O)NCc3ccc(OC)cc3)cc2)C(=O)C12CCNCC2.Cl. The second kappa shape index (κ2) is 14.8. The third kappa shape index (κ3) is 7.22. The summed E-state index contributed by atoms with van der Waals surface area (Å²) in [5.41, 5.74) is 0.555. The van der Waals surface area contributed by atoms with Crippen molar-refractivity contribution in [3.63, 3.8) is 0 Å². The Labute approximate surface area is 267 Å². The van der Waals surface area contributed by atoms with Gasteiger partial charge < -0.3 is 30.3 Å². The Balaban J connectivity index is 0.00000442. The van der Waals surface area contributed by atoms with Gasteiger partial charge in [-0.25, -0.2) is 0 Å². The molecule has 2 saturated heterocycles. The summed E-state index contributed by atoms with van der Waals surface area (Å²) in [4.78, 5) is 45.3. The van der Waals surface area contributed by atoms with E-state index < -0.39 is 17.2 Å². The Kier molecular flexibility index (Phi) is 11.3. The molecule has 2 aromatic carbocycles. The number of hydrogen-bond acceptors (Lipinski definition) is 6. The Morgan fingerprint density at radius 3 is 2.25 bits per heavy atom. The lowest BCUT2D eigenvalue weighted by molar-refractivity contribution is -0.177. The highest BCUT2D eigenvalue weighted by molar-refractivity contribution is 6.00. The van der Waals surface area contributed by atoms with Crippen LogP contribution in [-0.4, -0.2) is 76.6 Å². The number of hydrogen-bond donors (Lipinski definition) is 3. The largest absolute Gasteiger partial charge is 0.497 e. The number of rotatable bonds is 11. The number of carbonyl (C=O) groups is 3. The Morgan fingerprint density at radius 2 is 1.64 bits per heavy atom. The maximum absolute atomic E-state index is 14.5. The van der Waals surface area contributed by atoms with Gasteiger partial charge >= 0.3 is 0 Å². The van der Waals surface area contributed by atoms with E-state index in [9.17, 15) is 19.5 Å². The quantitative estimate of drug-likeness (QED) is 0.345. The van der Waals surface area contributed by atoms with Crippen molar-refractivity contribution in [2.24, 2.45) is 0 Å². The van der Waals surface area contributed by atoms with Crippen molar-refractivity contribution in [3.05, 3.63) is 65.2 Å². The van der Waals surface area contributed by atoms with Crippen LogP contribution in [0.2, 0.25) is 0 Å². The molecule has 1 saturated carbocycles. The lowest BCUT2D eigenvalue weighted by Crippen LogP contribution is -2.73. The van der Waals surface area contributed by atoms with Crippen molar-refractivity contribution in [1.29, 1.82) is 0 Å². The van der Waals surface area contributed by atoms with Gasteiger partial charge in [-0.15, -0.1) is 12.4 Å². The normalized spacial score (nSPS) is 20.8. The first-order chi connectivity index (χ1) is 20.8. The molecule has 0 radical (unpaired) electrons. The van der Waals surface area contributed by atoms with Crippen LogP contribution in [0.25, 0.3) is 0 Å². The van der Waals surface area contributed by atoms with Crippen LogP contribution in [0, 0.1) is 0 Å². The lowest BCUT2D eigenvalue weighted by Gasteiger charge is -2.54. The number of piperidine rings is 1. The Morgan fingerprint density at radius 1 is 1.00 bits per heavy atom. The van der Waals surface area contributed by atoms with Crippen LogP contribution in [0.15, 0.2) is 48.5 Å². The topological polar surface area (TPSA) is 111 Å². The molecule has 3 aliphatic rings. The highest BCUT2D eigenvalue weighted by Gasteiger charge is 2.57. The highest BCUT2D eigenvalue weighted by atomic mass is 35.5. The summed E-state index contributed by atoms with van der Waals surface area (Å²) in [5, 5.41) is 17.7. The van der Waals surface area contributed by atoms with Crippen LogP contribution < -0.4 is 15.4 Å². The van der Waals surface area contributed by atoms with Crippen LogP contribution in [0.3, 0.4) is 0 Å². The van der Waals surface area contributed by atoms with E-state index in [1.54, 1.807) is 24.1 Å². The fourth-order valence-electron chi connectivity index (χ4n) is 6.98. The van der Waals surface area contributed by atoms with E-state index in [0.717, 1.165) is 42.6 Å². The zero-order valence-corrected chi connectivity index (χ0v) is 26.8. The molecule has 3 fully saturated rings. The molecule has 1 spiro atoms. The number of piperazine rings is 1. The second-order valence-electron chi connectivity index (χ2n) is 12.4. The first kappa shape index (κ1) is 33.7. The van der Waals surface area contributed by atoms with E-state index in [4.69, 9.17) is 4.74 Å². The second-order valence-corrected chi connectivity index (χ2v) is 12.4. The van der Waals surface area contributed by atoms with E-state index in [1.165, 1.54) is 0 Å². The summed E-state index contributed by atoms with van der Waals surface area (Å²) >= 11 is 0. The van der Waals surface area contributed by atoms with Gasteiger partial charge in [0.1, 0.15) is 17.3 Å². The van der Waals surface area contributed by atoms with E-state index in [1.807, 2.05) is 41.3 Å². The van der Waals surface area contributed by atoms with Crippen molar-refractivity contribution in [3.8, 4) is 5.75 Å². The molecule has 1 atom stereocenters. The molecule has 0 aromatic heterocycles. The average Bonchev–Trinajstić information content (AvgIpc) is 3.47. The molecule has 9 nitrogen and oxygen atoms in total. The van der Waals surface area contributed by atoms with Crippen LogP contribution in [-0.2, 0) is 22.7 Å². The van der Waals surface area contributed by atoms with Gasteiger partial charge in [0, 0.05) is 31.6 Å². The number of halogens is 1. The van der Waals surface area contributed by atoms with Gasteiger partial charge in [-0.2, -0.15) is 0 Å². The molecule has 240 valence electrons. The summed E-state index contributed by atoms with van der Waals surface area (Å²) in [6.45, 7) is 4.68. The molecule has 1 aliphatic carbocycles. The summed E-state index contributed by atoms with van der Waals surface area (Å²) in [6, 6.07) is 14.1. The number of benzene rings is 2. The molecule has 2 aliphatic heterocycles. The molecular weight excluding hydrogens is 580 g/mol. The minimum Gasteiger partial charge on any atom is -0.497 e. The fraction of sp³-hybridized carbons (Fsp3) is 0.559. The van der Waals surface area contributed by atoms with Gasteiger partial charge in [0.15, 0.2) is 0 Å². The van der Waals surface area contributed by atoms with Crippen LogP contribution in [0.4, 0.5) is 0 Å². The van der Waals surface area contributed by atoms with Gasteiger partial charge in [0.25, 0.3) is 5.91 Å². The zero-order chi connectivity index (χ0) is 30.5. The van der Waals surface area contributed by atoms with Crippen molar-refractivity contribution < 1.29 is 24.2 Å². The third-order valence-electron chi connectivity index (χ3n) is 9.56. The molecule has 3 amide bonds. The van der Waals surface area contributed by atoms with Crippen LogP contribution >= 0.6 is 12.4 Å². The fourth-order valence-corrected chi connectivity index (χ4v) is 6.98. The van der Waals surface area contributed by atoms with E-state index in [-0.39, 0.29) is 43.1 Å². The predicted octanol–water partition coefficient (Wildman–Crippen LogP) is 4.20. The molecule has 10 heteroatoms. The Hall–Kier alpha value is -3.14. The summed E-state index contributed by atoms with van der Waals surface area (Å²) in [7, 11) is 1.62. The number of ether oxygens (including phenoxy) is 1. The van der Waals surface area contributed by atoms with Crippen molar-refractivity contribution in [2.45, 2.75) is 95.0 Å². The predicted molar refractivity (Wildman–Crippen MR) is 172 cm³/mol. The lowest BCUT2D eigenvalue weighted by atomic mass is 9.79. The summed E-state index contributed by atoms with van der Waals surface area (Å²) in [6.07, 6.45) is 6.39. The molecule has 44 heavy (non-hydrogen) atoms. The molecule has 5 rings (SSSR count). The Bertz CT molecular complexity index is 1270. The number of unbranched alkanes of at least 4 members (excludes halogenated alkanes) is 1. The molecule has 2 heterocycles. The number of aliphatic hydroxyl groups is 1. The van der Waals surface area contributed by atoms with Crippen LogP contribution in [0.5, 0.6) is 5.75 Å². The van der Waals surface area contributed by atoms with Gasteiger partial charge in [-0.3, -0.25) is 14.4 Å². The van der Waals surface area contributed by atoms with Gasteiger partial charge in [-0.05, 0) is 80.6 Å². The number of nitrogens with zero attached hydrogens (tertiary/aromatic N) is 2. The highest BCUT2D eigenvalue weighted by Crippen LogP contribution is 2.41. The third-order valence-corrected chi connectivity index (χ3v) is 9.56. The first-order valence-electron chi connectivity index (χ1n) is 15.8. The maximum Gasteiger partial charge on any atom is 0.251 e. The standard InChI is InChI=1S/C34H46N4O5.ClH/c1-3-4-21-38-31(40)29(22-33(42)15-5-6-16-33)37(32(41)34(38)17-19-35-20-18-34)24-26-7-11-27(12-8-26)30(39)36-23-25-9-13-28(43-2)14-10-25;/h7-14,29,35,42H,3-6,15-24H2,1-2H3,(H,36,39);1H/t29-;/m1./s1. The number of carbonyl (C=O) groups excluding carboxylic acids is 3. The van der Waals surface area contributed by atoms with Crippen molar-refractivity contribution in [2.75, 3.05) is 26.7 Å². The van der Waals surface area contributed by atoms with Crippen LogP contribution in [0.1, 0.15) is 86.2 Å². The maximum atomic E-state index is 14.5. The number of amides is 3. The molecule has 3 N–H and O–H groups in total. The van der Waals surface area contributed by atoms with Crippen molar-refractivity contribution in [1.82, 2.24) is 20.4 Å². The average molecular weight is 627 g/mol. The molecule has 2 aromatic rings. The molecule has 0 bridgehead atoms. The molecular formula is C34H47ClN4O5. The summed E-state index contributed by atoms with van der Waals surface area (Å²) in [5.74, 6) is 0.523. The summed E-state index contributed by atoms with van der Waals surface area (Å²) < 4.78 is 5.19.